The fourth-order valence-corrected chi connectivity index (χ4v) is 3.00. The summed E-state index contributed by atoms with van der Waals surface area (Å²) in [4.78, 5) is 20.0. The van der Waals surface area contributed by atoms with E-state index in [1.165, 1.54) is 0 Å². The fraction of sp³-hybridized carbons (Fsp3) is 0.278. The molecule has 2 heterocycles. The second-order valence-electron chi connectivity index (χ2n) is 5.88. The van der Waals surface area contributed by atoms with Gasteiger partial charge in [-0.1, -0.05) is 25.4 Å². The van der Waals surface area contributed by atoms with Gasteiger partial charge in [0.05, 0.1) is 23.7 Å². The summed E-state index contributed by atoms with van der Waals surface area (Å²) >= 11 is 6.07. The molecule has 1 atom stereocenters. The van der Waals surface area contributed by atoms with Gasteiger partial charge >= 0.3 is 0 Å². The summed E-state index contributed by atoms with van der Waals surface area (Å²) in [6.07, 6.45) is 2.68. The first-order valence-corrected chi connectivity index (χ1v) is 8.35. The second kappa shape index (κ2) is 6.72. The third-order valence-electron chi connectivity index (χ3n) is 4.39. The molecule has 0 saturated heterocycles. The zero-order chi connectivity index (χ0) is 18.1. The largest absolute Gasteiger partial charge is 0.496 e. The van der Waals surface area contributed by atoms with E-state index in [9.17, 15) is 4.79 Å². The molecule has 3 aromatic rings. The smallest absolute Gasteiger partial charge is 0.251 e. The lowest BCUT2D eigenvalue weighted by atomic mass is 9.97. The van der Waals surface area contributed by atoms with Gasteiger partial charge in [0, 0.05) is 6.07 Å². The van der Waals surface area contributed by atoms with Crippen molar-refractivity contribution in [2.24, 2.45) is 5.73 Å². The van der Waals surface area contributed by atoms with Crippen LogP contribution in [-0.4, -0.2) is 27.6 Å². The molecule has 1 unspecified atom stereocenters. The molecule has 0 aliphatic rings. The Morgan fingerprint density at radius 3 is 2.76 bits per heavy atom. The SMILES string of the molecule is CCC(C)c1cc2ncn(-c3ccc(C(N)=O)c(Cl)n3)c2cc1OC. The Bertz CT molecular complexity index is 952. The van der Waals surface area contributed by atoms with Crippen molar-refractivity contribution < 1.29 is 9.53 Å². The summed E-state index contributed by atoms with van der Waals surface area (Å²) in [5, 5.41) is 0.0649. The van der Waals surface area contributed by atoms with E-state index in [1.807, 2.05) is 12.1 Å². The Morgan fingerprint density at radius 1 is 1.40 bits per heavy atom. The van der Waals surface area contributed by atoms with Gasteiger partial charge in [-0.25, -0.2) is 9.97 Å². The molecule has 2 aromatic heterocycles. The number of rotatable bonds is 5. The topological polar surface area (TPSA) is 83.0 Å². The Labute approximate surface area is 150 Å². The third kappa shape index (κ3) is 3.05. The van der Waals surface area contributed by atoms with Crippen molar-refractivity contribution in [1.82, 2.24) is 14.5 Å². The van der Waals surface area contributed by atoms with Crippen molar-refractivity contribution in [3.63, 3.8) is 0 Å². The number of pyridine rings is 1. The Balaban J connectivity index is 2.15. The van der Waals surface area contributed by atoms with E-state index in [0.717, 1.165) is 28.8 Å². The molecule has 6 nitrogen and oxygen atoms in total. The van der Waals surface area contributed by atoms with Crippen molar-refractivity contribution in [2.75, 3.05) is 7.11 Å². The van der Waals surface area contributed by atoms with Gasteiger partial charge < -0.3 is 10.5 Å². The third-order valence-corrected chi connectivity index (χ3v) is 4.68. The number of primary amides is 1. The number of nitrogens with two attached hydrogens (primary N) is 1. The van der Waals surface area contributed by atoms with Gasteiger partial charge in [-0.05, 0) is 36.1 Å². The van der Waals surface area contributed by atoms with Crippen LogP contribution in [0.3, 0.4) is 0 Å². The van der Waals surface area contributed by atoms with E-state index >= 15 is 0 Å². The van der Waals surface area contributed by atoms with Crippen molar-refractivity contribution >= 4 is 28.5 Å². The number of fused-ring (bicyclic) bond motifs is 1. The minimum Gasteiger partial charge on any atom is -0.496 e. The van der Waals surface area contributed by atoms with Crippen LogP contribution in [0.5, 0.6) is 5.75 Å². The molecule has 0 fully saturated rings. The van der Waals surface area contributed by atoms with E-state index in [1.54, 1.807) is 30.1 Å². The van der Waals surface area contributed by atoms with E-state index in [0.29, 0.717) is 11.7 Å². The first-order chi connectivity index (χ1) is 12.0. The Hall–Kier alpha value is -2.60. The number of amides is 1. The lowest BCUT2D eigenvalue weighted by Gasteiger charge is -2.14. The van der Waals surface area contributed by atoms with Crippen LogP contribution >= 0.6 is 11.6 Å². The minimum absolute atomic E-state index is 0.0649. The van der Waals surface area contributed by atoms with E-state index in [4.69, 9.17) is 22.1 Å². The van der Waals surface area contributed by atoms with Crippen LogP contribution in [0.15, 0.2) is 30.6 Å². The number of ether oxygens (including phenoxy) is 1. The van der Waals surface area contributed by atoms with Gasteiger partial charge in [0.2, 0.25) is 0 Å². The molecule has 2 N–H and O–H groups in total. The van der Waals surface area contributed by atoms with Crippen LogP contribution in [0.4, 0.5) is 0 Å². The molecule has 0 spiro atoms. The zero-order valence-electron chi connectivity index (χ0n) is 14.3. The molecule has 7 heteroatoms. The van der Waals surface area contributed by atoms with Crippen LogP contribution in [0.25, 0.3) is 16.9 Å². The lowest BCUT2D eigenvalue weighted by Crippen LogP contribution is -2.12. The second-order valence-corrected chi connectivity index (χ2v) is 6.24. The summed E-state index contributed by atoms with van der Waals surface area (Å²) in [5.74, 6) is 1.12. The highest BCUT2D eigenvalue weighted by Gasteiger charge is 2.16. The molecule has 0 radical (unpaired) electrons. The maximum Gasteiger partial charge on any atom is 0.251 e. The molecule has 0 saturated carbocycles. The Kier molecular flexibility index (Phi) is 4.63. The molecule has 130 valence electrons. The van der Waals surface area contributed by atoms with Gasteiger partial charge in [-0.3, -0.25) is 9.36 Å². The van der Waals surface area contributed by atoms with Crippen LogP contribution in [0, 0.1) is 0 Å². The quantitative estimate of drug-likeness (QED) is 0.705. The summed E-state index contributed by atoms with van der Waals surface area (Å²) < 4.78 is 7.36. The van der Waals surface area contributed by atoms with Crippen LogP contribution < -0.4 is 10.5 Å². The number of hydrogen-bond acceptors (Lipinski definition) is 4. The Morgan fingerprint density at radius 2 is 2.16 bits per heavy atom. The zero-order valence-corrected chi connectivity index (χ0v) is 15.0. The van der Waals surface area contributed by atoms with E-state index < -0.39 is 5.91 Å². The number of nitrogens with zero attached hydrogens (tertiary/aromatic N) is 3. The molecule has 0 aliphatic heterocycles. The van der Waals surface area contributed by atoms with Crippen molar-refractivity contribution in [3.05, 3.63) is 46.9 Å². The molecule has 0 bridgehead atoms. The maximum atomic E-state index is 11.3. The number of carbonyl (C=O) groups is 1. The number of methoxy groups -OCH3 is 1. The summed E-state index contributed by atoms with van der Waals surface area (Å²) in [7, 11) is 1.66. The molecule has 3 rings (SSSR count). The molecule has 25 heavy (non-hydrogen) atoms. The summed E-state index contributed by atoms with van der Waals surface area (Å²) in [6.45, 7) is 4.30. The van der Waals surface area contributed by atoms with Gasteiger partial charge in [-0.15, -0.1) is 0 Å². The average molecular weight is 359 g/mol. The molecule has 1 aromatic carbocycles. The molecule has 0 aliphatic carbocycles. The molecular weight excluding hydrogens is 340 g/mol. The van der Waals surface area contributed by atoms with Crippen LogP contribution in [-0.2, 0) is 0 Å². The van der Waals surface area contributed by atoms with Crippen molar-refractivity contribution in [2.45, 2.75) is 26.2 Å². The van der Waals surface area contributed by atoms with Crippen molar-refractivity contribution in [3.8, 4) is 11.6 Å². The highest BCUT2D eigenvalue weighted by molar-refractivity contribution is 6.32. The van der Waals surface area contributed by atoms with Gasteiger partial charge in [-0.2, -0.15) is 0 Å². The predicted octanol–water partition coefficient (Wildman–Crippen LogP) is 3.69. The standard InChI is InChI=1S/C18H19ClN4O2/c1-4-10(2)12-7-13-14(8-15(12)25-3)23(9-21-13)16-6-5-11(18(20)24)17(19)22-16/h5-10H,4H2,1-3H3,(H2,20,24). The predicted molar refractivity (Wildman–Crippen MR) is 97.7 cm³/mol. The highest BCUT2D eigenvalue weighted by atomic mass is 35.5. The highest BCUT2D eigenvalue weighted by Crippen LogP contribution is 2.33. The normalized spacial score (nSPS) is 12.3. The van der Waals surface area contributed by atoms with Crippen LogP contribution in [0.2, 0.25) is 5.15 Å². The first kappa shape index (κ1) is 17.2. The fourth-order valence-electron chi connectivity index (χ4n) is 2.76. The van der Waals surface area contributed by atoms with Gasteiger partial charge in [0.15, 0.2) is 0 Å². The van der Waals surface area contributed by atoms with Crippen LogP contribution in [0.1, 0.15) is 42.1 Å². The van der Waals surface area contributed by atoms with E-state index in [-0.39, 0.29) is 10.7 Å². The lowest BCUT2D eigenvalue weighted by molar-refractivity contribution is 0.1000. The maximum absolute atomic E-state index is 11.3. The number of aromatic nitrogens is 3. The number of imidazole rings is 1. The summed E-state index contributed by atoms with van der Waals surface area (Å²) in [5.41, 5.74) is 8.27. The minimum atomic E-state index is -0.612. The van der Waals surface area contributed by atoms with Crippen molar-refractivity contribution in [1.29, 1.82) is 0 Å². The monoisotopic (exact) mass is 358 g/mol. The number of hydrogen-bond donors (Lipinski definition) is 1. The van der Waals surface area contributed by atoms with E-state index in [2.05, 4.69) is 23.8 Å². The number of benzene rings is 1. The molecular formula is C18H19ClN4O2. The molecule has 1 amide bonds. The number of carbonyl (C=O) groups excluding carboxylic acids is 1. The van der Waals surface area contributed by atoms with Gasteiger partial charge in [0.1, 0.15) is 23.0 Å². The number of halogens is 1. The summed E-state index contributed by atoms with van der Waals surface area (Å²) in [6, 6.07) is 7.23. The van der Waals surface area contributed by atoms with Gasteiger partial charge in [0.25, 0.3) is 5.91 Å². The average Bonchev–Trinajstić information content (AvgIpc) is 3.02. The first-order valence-electron chi connectivity index (χ1n) is 7.98.